The molecule has 0 amide bonds. The first kappa shape index (κ1) is 12.4. The first-order valence-corrected chi connectivity index (χ1v) is 6.42. The topological polar surface area (TPSA) is 59.3 Å². The molecule has 0 aliphatic carbocycles. The van der Waals surface area contributed by atoms with Gasteiger partial charge in [-0.2, -0.15) is 0 Å². The smallest absolute Gasteiger partial charge is 0.377 e. The lowest BCUT2D eigenvalue weighted by Crippen LogP contribution is -2.12. The molecule has 0 aliphatic heterocycles. The van der Waals surface area contributed by atoms with E-state index in [9.17, 15) is 9.59 Å². The van der Waals surface area contributed by atoms with Crippen molar-refractivity contribution in [1.82, 2.24) is 4.57 Å². The van der Waals surface area contributed by atoms with Crippen LogP contribution in [0.2, 0.25) is 0 Å². The van der Waals surface area contributed by atoms with E-state index in [1.165, 1.54) is 0 Å². The zero-order valence-electron chi connectivity index (χ0n) is 11.0. The van der Waals surface area contributed by atoms with Crippen LogP contribution in [-0.2, 0) is 11.3 Å². The largest absolute Gasteiger partial charge is 0.475 e. The second-order valence-corrected chi connectivity index (χ2v) is 4.63. The van der Waals surface area contributed by atoms with Crippen molar-refractivity contribution in [3.8, 4) is 0 Å². The standard InChI is InChI=1S/C16H13NO3/c1-2-17-13-6-4-3-5-11(13)12-9-10(7-8-14(12)17)15(18)16(19)20/h3-9H,2H2,1H3,(H,19,20). The second-order valence-electron chi connectivity index (χ2n) is 4.63. The number of aliphatic carboxylic acids is 1. The van der Waals surface area contributed by atoms with E-state index in [1.807, 2.05) is 30.3 Å². The van der Waals surface area contributed by atoms with Crippen LogP contribution in [0.1, 0.15) is 17.3 Å². The van der Waals surface area contributed by atoms with Crippen molar-refractivity contribution in [3.63, 3.8) is 0 Å². The van der Waals surface area contributed by atoms with E-state index in [4.69, 9.17) is 5.11 Å². The van der Waals surface area contributed by atoms with Crippen molar-refractivity contribution in [3.05, 3.63) is 48.0 Å². The molecular formula is C16H13NO3. The van der Waals surface area contributed by atoms with Gasteiger partial charge in [-0.05, 0) is 31.2 Å². The van der Waals surface area contributed by atoms with Crippen LogP contribution in [0.3, 0.4) is 0 Å². The Labute approximate surface area is 115 Å². The lowest BCUT2D eigenvalue weighted by atomic mass is 10.1. The van der Waals surface area contributed by atoms with E-state index in [2.05, 4.69) is 11.5 Å². The van der Waals surface area contributed by atoms with E-state index in [1.54, 1.807) is 12.1 Å². The molecule has 0 atom stereocenters. The fourth-order valence-corrected chi connectivity index (χ4v) is 2.66. The Bertz CT molecular complexity index is 845. The Balaban J connectivity index is 2.37. The Morgan fingerprint density at radius 3 is 2.45 bits per heavy atom. The molecule has 1 heterocycles. The van der Waals surface area contributed by atoms with Gasteiger partial charge >= 0.3 is 5.97 Å². The van der Waals surface area contributed by atoms with Crippen LogP contribution in [0, 0.1) is 0 Å². The number of hydrogen-bond acceptors (Lipinski definition) is 2. The summed E-state index contributed by atoms with van der Waals surface area (Å²) in [5.41, 5.74) is 2.31. The fraction of sp³-hybridized carbons (Fsp3) is 0.125. The molecule has 3 aromatic rings. The first-order valence-electron chi connectivity index (χ1n) is 6.42. The number of carbonyl (C=O) groups excluding carboxylic acids is 1. The summed E-state index contributed by atoms with van der Waals surface area (Å²) >= 11 is 0. The van der Waals surface area contributed by atoms with Crippen LogP contribution in [0.5, 0.6) is 0 Å². The summed E-state index contributed by atoms with van der Waals surface area (Å²) < 4.78 is 2.15. The van der Waals surface area contributed by atoms with Crippen LogP contribution in [-0.4, -0.2) is 21.4 Å². The monoisotopic (exact) mass is 267 g/mol. The molecule has 1 N–H and O–H groups in total. The van der Waals surface area contributed by atoms with Gasteiger partial charge in [0.1, 0.15) is 0 Å². The molecule has 3 rings (SSSR count). The lowest BCUT2D eigenvalue weighted by Gasteiger charge is -2.02. The number of hydrogen-bond donors (Lipinski definition) is 1. The number of carboxylic acid groups (broad SMARTS) is 1. The minimum absolute atomic E-state index is 0.212. The lowest BCUT2D eigenvalue weighted by molar-refractivity contribution is -0.131. The van der Waals surface area contributed by atoms with E-state index in [0.717, 1.165) is 28.4 Å². The third-order valence-electron chi connectivity index (χ3n) is 3.55. The highest BCUT2D eigenvalue weighted by molar-refractivity contribution is 6.40. The summed E-state index contributed by atoms with van der Waals surface area (Å²) in [7, 11) is 0. The number of fused-ring (bicyclic) bond motifs is 3. The maximum Gasteiger partial charge on any atom is 0.377 e. The number of rotatable bonds is 3. The zero-order chi connectivity index (χ0) is 14.3. The highest BCUT2D eigenvalue weighted by Gasteiger charge is 2.17. The second kappa shape index (κ2) is 4.49. The molecule has 0 radical (unpaired) electrons. The van der Waals surface area contributed by atoms with Gasteiger partial charge < -0.3 is 9.67 Å². The fourth-order valence-electron chi connectivity index (χ4n) is 2.66. The van der Waals surface area contributed by atoms with E-state index in [-0.39, 0.29) is 5.56 Å². The van der Waals surface area contributed by atoms with Crippen LogP contribution >= 0.6 is 0 Å². The Morgan fingerprint density at radius 2 is 1.75 bits per heavy atom. The van der Waals surface area contributed by atoms with Crippen LogP contribution in [0.4, 0.5) is 0 Å². The van der Waals surface area contributed by atoms with Gasteiger partial charge in [0.25, 0.3) is 5.78 Å². The summed E-state index contributed by atoms with van der Waals surface area (Å²) in [5, 5.41) is 10.8. The van der Waals surface area contributed by atoms with Gasteiger partial charge in [0, 0.05) is 33.9 Å². The van der Waals surface area contributed by atoms with Crippen molar-refractivity contribution in [2.45, 2.75) is 13.5 Å². The number of nitrogens with zero attached hydrogens (tertiary/aromatic N) is 1. The van der Waals surface area contributed by atoms with Gasteiger partial charge in [-0.1, -0.05) is 18.2 Å². The summed E-state index contributed by atoms with van der Waals surface area (Å²) in [6.07, 6.45) is 0. The molecule has 1 aromatic heterocycles. The molecule has 20 heavy (non-hydrogen) atoms. The predicted octanol–water partition coefficient (Wildman–Crippen LogP) is 3.08. The minimum Gasteiger partial charge on any atom is -0.475 e. The third kappa shape index (κ3) is 1.69. The number of Topliss-reactive ketones (excluding diaryl/α,β-unsaturated/α-hetero) is 1. The first-order chi connectivity index (χ1) is 9.63. The quantitative estimate of drug-likeness (QED) is 0.586. The number of aromatic nitrogens is 1. The molecule has 2 aromatic carbocycles. The third-order valence-corrected chi connectivity index (χ3v) is 3.55. The molecule has 100 valence electrons. The Morgan fingerprint density at radius 1 is 1.05 bits per heavy atom. The van der Waals surface area contributed by atoms with E-state index >= 15 is 0 Å². The molecule has 0 unspecified atom stereocenters. The number of benzene rings is 2. The van der Waals surface area contributed by atoms with E-state index in [0.29, 0.717) is 0 Å². The maximum absolute atomic E-state index is 11.6. The highest BCUT2D eigenvalue weighted by atomic mass is 16.4. The van der Waals surface area contributed by atoms with Crippen LogP contribution < -0.4 is 0 Å². The van der Waals surface area contributed by atoms with Gasteiger partial charge in [0.15, 0.2) is 0 Å². The minimum atomic E-state index is -1.43. The molecule has 0 saturated carbocycles. The normalized spacial score (nSPS) is 11.1. The van der Waals surface area contributed by atoms with Crippen molar-refractivity contribution in [2.75, 3.05) is 0 Å². The van der Waals surface area contributed by atoms with Gasteiger partial charge in [-0.25, -0.2) is 4.79 Å². The highest BCUT2D eigenvalue weighted by Crippen LogP contribution is 2.29. The van der Waals surface area contributed by atoms with Crippen molar-refractivity contribution >= 4 is 33.6 Å². The average molecular weight is 267 g/mol. The summed E-state index contributed by atoms with van der Waals surface area (Å²) in [6.45, 7) is 2.87. The van der Waals surface area contributed by atoms with Gasteiger partial charge in [-0.15, -0.1) is 0 Å². The molecule has 4 heteroatoms. The summed E-state index contributed by atoms with van der Waals surface area (Å²) in [6, 6.07) is 13.0. The molecule has 0 aliphatic rings. The van der Waals surface area contributed by atoms with Crippen LogP contribution in [0.25, 0.3) is 21.8 Å². The van der Waals surface area contributed by atoms with E-state index < -0.39 is 11.8 Å². The maximum atomic E-state index is 11.6. The zero-order valence-corrected chi connectivity index (χ0v) is 11.0. The van der Waals surface area contributed by atoms with Gasteiger partial charge in [0.05, 0.1) is 0 Å². The average Bonchev–Trinajstić information content (AvgIpc) is 2.79. The van der Waals surface area contributed by atoms with Crippen LogP contribution in [0.15, 0.2) is 42.5 Å². The summed E-state index contributed by atoms with van der Waals surface area (Å²) in [5.74, 6) is -2.30. The van der Waals surface area contributed by atoms with Gasteiger partial charge in [0.2, 0.25) is 0 Å². The number of ketones is 1. The Hall–Kier alpha value is -2.62. The molecular weight excluding hydrogens is 254 g/mol. The van der Waals surface area contributed by atoms with Crippen molar-refractivity contribution in [2.24, 2.45) is 0 Å². The SMILES string of the molecule is CCn1c2ccccc2c2cc(C(=O)C(=O)O)ccc21. The molecule has 0 saturated heterocycles. The molecule has 4 nitrogen and oxygen atoms in total. The number of aryl methyl sites for hydroxylation is 1. The molecule has 0 bridgehead atoms. The molecule has 0 fully saturated rings. The van der Waals surface area contributed by atoms with Crippen molar-refractivity contribution < 1.29 is 14.7 Å². The summed E-state index contributed by atoms with van der Waals surface area (Å²) in [4.78, 5) is 22.4. The molecule has 0 spiro atoms. The number of carboxylic acids is 1. The van der Waals surface area contributed by atoms with Gasteiger partial charge in [-0.3, -0.25) is 4.79 Å². The number of para-hydroxylation sites is 1. The Kier molecular flexibility index (Phi) is 2.79. The predicted molar refractivity (Wildman–Crippen MR) is 77.1 cm³/mol. The van der Waals surface area contributed by atoms with Crippen molar-refractivity contribution in [1.29, 1.82) is 0 Å². The number of carbonyl (C=O) groups is 2.